The highest BCUT2D eigenvalue weighted by Crippen LogP contribution is 2.59. The Morgan fingerprint density at radius 2 is 2.04 bits per heavy atom. The third kappa shape index (κ3) is 2.67. The molecule has 0 aliphatic heterocycles. The lowest BCUT2D eigenvalue weighted by atomic mass is 9.83. The summed E-state index contributed by atoms with van der Waals surface area (Å²) in [4.78, 5) is 29.0. The summed E-state index contributed by atoms with van der Waals surface area (Å²) >= 11 is 1.32. The van der Waals surface area contributed by atoms with Crippen LogP contribution in [0.1, 0.15) is 35.1 Å². The fraction of sp³-hybridized carbons (Fsp3) is 0.471. The van der Waals surface area contributed by atoms with E-state index in [1.165, 1.54) is 18.7 Å². The number of alkyl halides is 3. The normalized spacial score (nSPS) is 28.8. The largest absolute Gasteiger partial charge is 0.511 e. The van der Waals surface area contributed by atoms with Gasteiger partial charge in [-0.1, -0.05) is 0 Å². The molecule has 8 heteroatoms. The minimum Gasteiger partial charge on any atom is -0.511 e. The van der Waals surface area contributed by atoms with Crippen molar-refractivity contribution in [2.45, 2.75) is 31.2 Å². The number of allylic oxidation sites excluding steroid dienone is 2. The van der Waals surface area contributed by atoms with Crippen molar-refractivity contribution in [3.8, 4) is 0 Å². The van der Waals surface area contributed by atoms with Gasteiger partial charge in [-0.25, -0.2) is 4.98 Å². The van der Waals surface area contributed by atoms with Gasteiger partial charge in [0.05, 0.1) is 4.75 Å². The van der Waals surface area contributed by atoms with E-state index in [1.54, 1.807) is 13.2 Å². The molecular weight excluding hydrogens is 355 g/mol. The lowest BCUT2D eigenvalue weighted by Gasteiger charge is -2.31. The number of fused-ring (bicyclic) bond motifs is 1. The van der Waals surface area contributed by atoms with Gasteiger partial charge in [-0.3, -0.25) is 9.59 Å². The monoisotopic (exact) mass is 371 g/mol. The number of Topliss-reactive ketones (excluding diaryl/α,β-unsaturated/α-hetero) is 2. The molecule has 1 fully saturated rings. The van der Waals surface area contributed by atoms with Crippen molar-refractivity contribution in [3.63, 3.8) is 0 Å². The molecule has 4 nitrogen and oxygen atoms in total. The Hall–Kier alpha value is -1.83. The molecule has 1 saturated carbocycles. The van der Waals surface area contributed by atoms with Crippen molar-refractivity contribution in [2.75, 3.05) is 6.26 Å². The zero-order chi connectivity index (χ0) is 18.7. The van der Waals surface area contributed by atoms with E-state index in [4.69, 9.17) is 0 Å². The highest BCUT2D eigenvalue weighted by atomic mass is 32.2. The predicted octanol–water partition coefficient (Wildman–Crippen LogP) is 3.74. The Morgan fingerprint density at radius 3 is 2.56 bits per heavy atom. The zero-order valence-electron chi connectivity index (χ0n) is 13.8. The molecule has 0 bridgehead atoms. The van der Waals surface area contributed by atoms with Crippen molar-refractivity contribution in [1.82, 2.24) is 4.98 Å². The van der Waals surface area contributed by atoms with Crippen molar-refractivity contribution in [2.24, 2.45) is 11.8 Å². The summed E-state index contributed by atoms with van der Waals surface area (Å²) in [6.07, 6.45) is -2.23. The first kappa shape index (κ1) is 18.0. The number of thioether (sulfide) groups is 1. The lowest BCUT2D eigenvalue weighted by Crippen LogP contribution is -2.41. The van der Waals surface area contributed by atoms with E-state index in [1.807, 2.05) is 0 Å². The number of pyridine rings is 1. The number of halogens is 3. The second-order valence-corrected chi connectivity index (χ2v) is 7.76. The minimum atomic E-state index is -4.62. The van der Waals surface area contributed by atoms with E-state index >= 15 is 0 Å². The number of ketones is 2. The Kier molecular flexibility index (Phi) is 4.02. The van der Waals surface area contributed by atoms with Crippen LogP contribution in [0.3, 0.4) is 0 Å². The topological polar surface area (TPSA) is 67.3 Å². The maximum atomic E-state index is 12.8. The third-order valence-electron chi connectivity index (χ3n) is 5.06. The molecule has 3 rings (SSSR count). The van der Waals surface area contributed by atoms with Crippen LogP contribution >= 0.6 is 11.8 Å². The van der Waals surface area contributed by atoms with Crippen LogP contribution in [0.2, 0.25) is 0 Å². The molecule has 2 aliphatic carbocycles. The zero-order valence-corrected chi connectivity index (χ0v) is 14.6. The molecule has 25 heavy (non-hydrogen) atoms. The van der Waals surface area contributed by atoms with Gasteiger partial charge in [0.15, 0.2) is 5.78 Å². The molecule has 0 saturated heterocycles. The van der Waals surface area contributed by atoms with Gasteiger partial charge in [0.2, 0.25) is 5.78 Å². The highest BCUT2D eigenvalue weighted by Gasteiger charge is 2.61. The summed E-state index contributed by atoms with van der Waals surface area (Å²) in [5, 5.41) is 10.3. The number of aryl methyl sites for hydroxylation is 1. The molecule has 0 radical (unpaired) electrons. The highest BCUT2D eigenvalue weighted by molar-refractivity contribution is 8.00. The van der Waals surface area contributed by atoms with Gasteiger partial charge in [-0.15, -0.1) is 0 Å². The van der Waals surface area contributed by atoms with Gasteiger partial charge in [0.25, 0.3) is 0 Å². The minimum absolute atomic E-state index is 0.0154. The molecule has 3 unspecified atom stereocenters. The Balaban J connectivity index is 2.04. The van der Waals surface area contributed by atoms with E-state index in [-0.39, 0.29) is 34.4 Å². The predicted molar refractivity (Wildman–Crippen MR) is 86.5 cm³/mol. The third-order valence-corrected chi connectivity index (χ3v) is 6.39. The molecule has 2 aliphatic rings. The van der Waals surface area contributed by atoms with Crippen LogP contribution in [-0.2, 0) is 11.0 Å². The number of aliphatic hydroxyl groups is 1. The van der Waals surface area contributed by atoms with Crippen LogP contribution in [0.15, 0.2) is 23.5 Å². The average Bonchev–Trinajstić information content (AvgIpc) is 3.33. The van der Waals surface area contributed by atoms with E-state index < -0.39 is 28.2 Å². The molecule has 0 spiro atoms. The SMILES string of the molecule is CSC1(C)C(=O)C(C(=O)c2ccc(C(F)(F)F)nc2C)=C(O)C2CC21. The molecule has 1 aromatic rings. The maximum absolute atomic E-state index is 12.8. The van der Waals surface area contributed by atoms with Crippen LogP contribution in [0, 0.1) is 18.8 Å². The number of carbonyl (C=O) groups excluding carboxylic acids is 2. The second kappa shape index (κ2) is 5.59. The molecular formula is C17H16F3NO3S. The summed E-state index contributed by atoms with van der Waals surface area (Å²) in [6, 6.07) is 1.72. The maximum Gasteiger partial charge on any atom is 0.433 e. The summed E-state index contributed by atoms with van der Waals surface area (Å²) in [6.45, 7) is 3.02. The standard InChI is InChI=1S/C17H16F3NO3S/c1-7-8(4-5-11(21-7)17(18,19)20)13(22)12-14(23)9-6-10(9)16(2,25-3)15(12)24/h4-5,9-10,23H,6H2,1-3H3. The number of carbonyl (C=O) groups is 2. The summed E-state index contributed by atoms with van der Waals surface area (Å²) < 4.78 is 37.4. The van der Waals surface area contributed by atoms with E-state index in [2.05, 4.69) is 4.98 Å². The van der Waals surface area contributed by atoms with Crippen molar-refractivity contribution in [1.29, 1.82) is 0 Å². The Morgan fingerprint density at radius 1 is 1.40 bits per heavy atom. The first-order valence-corrected chi connectivity index (χ1v) is 8.87. The van der Waals surface area contributed by atoms with Gasteiger partial charge >= 0.3 is 6.18 Å². The smallest absolute Gasteiger partial charge is 0.433 e. The molecule has 134 valence electrons. The number of hydrogen-bond acceptors (Lipinski definition) is 5. The van der Waals surface area contributed by atoms with E-state index in [0.29, 0.717) is 12.5 Å². The quantitative estimate of drug-likeness (QED) is 0.648. The Bertz CT molecular complexity index is 818. The van der Waals surface area contributed by atoms with Crippen molar-refractivity contribution in [3.05, 3.63) is 40.4 Å². The van der Waals surface area contributed by atoms with Crippen molar-refractivity contribution < 1.29 is 27.9 Å². The van der Waals surface area contributed by atoms with Crippen LogP contribution in [0.4, 0.5) is 13.2 Å². The molecule has 1 aromatic heterocycles. The van der Waals surface area contributed by atoms with Crippen LogP contribution in [-0.4, -0.2) is 32.7 Å². The molecule has 1 heterocycles. The Labute approximate surface area is 146 Å². The summed E-state index contributed by atoms with van der Waals surface area (Å²) in [5.74, 6) is -1.74. The number of hydrogen-bond donors (Lipinski definition) is 1. The van der Waals surface area contributed by atoms with E-state index in [9.17, 15) is 27.9 Å². The molecule has 0 aromatic carbocycles. The van der Waals surface area contributed by atoms with Crippen molar-refractivity contribution >= 4 is 23.3 Å². The van der Waals surface area contributed by atoms with Crippen LogP contribution in [0.5, 0.6) is 0 Å². The van der Waals surface area contributed by atoms with Gasteiger partial charge in [0, 0.05) is 17.2 Å². The van der Waals surface area contributed by atoms with Gasteiger partial charge in [-0.05, 0) is 44.6 Å². The molecule has 3 atom stereocenters. The molecule has 0 amide bonds. The van der Waals surface area contributed by atoms with Gasteiger partial charge < -0.3 is 5.11 Å². The van der Waals surface area contributed by atoms with E-state index in [0.717, 1.165) is 6.07 Å². The fourth-order valence-electron chi connectivity index (χ4n) is 3.38. The fourth-order valence-corrected chi connectivity index (χ4v) is 4.23. The first-order chi connectivity index (χ1) is 11.5. The number of aliphatic hydroxyl groups excluding tert-OH is 1. The number of aromatic nitrogens is 1. The van der Waals surface area contributed by atoms with Gasteiger partial charge in [0.1, 0.15) is 17.0 Å². The second-order valence-electron chi connectivity index (χ2n) is 6.51. The summed E-state index contributed by atoms with van der Waals surface area (Å²) in [7, 11) is 0. The number of rotatable bonds is 3. The summed E-state index contributed by atoms with van der Waals surface area (Å²) in [5.41, 5.74) is -1.66. The van der Waals surface area contributed by atoms with Crippen LogP contribution < -0.4 is 0 Å². The lowest BCUT2D eigenvalue weighted by molar-refractivity contribution is -0.141. The van der Waals surface area contributed by atoms with Crippen LogP contribution in [0.25, 0.3) is 0 Å². The first-order valence-electron chi connectivity index (χ1n) is 7.65. The average molecular weight is 371 g/mol. The molecule has 1 N–H and O–H groups in total. The van der Waals surface area contributed by atoms with Gasteiger partial charge in [-0.2, -0.15) is 24.9 Å². The number of nitrogens with zero attached hydrogens (tertiary/aromatic N) is 1.